The third kappa shape index (κ3) is 1.63. The van der Waals surface area contributed by atoms with E-state index in [1.54, 1.807) is 0 Å². The summed E-state index contributed by atoms with van der Waals surface area (Å²) in [6.45, 7) is 0.596. The second-order valence-electron chi connectivity index (χ2n) is 4.22. The molecule has 0 radical (unpaired) electrons. The van der Waals surface area contributed by atoms with Gasteiger partial charge in [0.1, 0.15) is 0 Å². The minimum atomic E-state index is -0.202. The molecule has 1 aromatic rings. The van der Waals surface area contributed by atoms with Crippen LogP contribution in [-0.4, -0.2) is 12.5 Å². The monoisotopic (exact) mass is 204 g/mol. The molecule has 80 valence electrons. The molecule has 0 spiro atoms. The molecule has 4 N–H and O–H groups in total. The van der Waals surface area contributed by atoms with Gasteiger partial charge in [0, 0.05) is 11.3 Å². The Bertz CT molecular complexity index is 363. The molecule has 1 aromatic carbocycles. The number of amides is 1. The van der Waals surface area contributed by atoms with Gasteiger partial charge < -0.3 is 11.5 Å². The average Bonchev–Trinajstić information content (AvgIpc) is 2.96. The summed E-state index contributed by atoms with van der Waals surface area (Å²) in [5.41, 5.74) is 12.1. The van der Waals surface area contributed by atoms with Crippen molar-refractivity contribution in [1.82, 2.24) is 0 Å². The van der Waals surface area contributed by atoms with Crippen LogP contribution < -0.4 is 11.5 Å². The first-order valence-corrected chi connectivity index (χ1v) is 5.25. The molecule has 1 aliphatic carbocycles. The lowest BCUT2D eigenvalue weighted by atomic mass is 9.89. The minimum Gasteiger partial charge on any atom is -0.369 e. The quantitative estimate of drug-likeness (QED) is 0.761. The fraction of sp³-hybridized carbons (Fsp3) is 0.417. The van der Waals surface area contributed by atoms with E-state index < -0.39 is 0 Å². The van der Waals surface area contributed by atoms with Gasteiger partial charge in [-0.15, -0.1) is 0 Å². The number of rotatable bonds is 4. The highest BCUT2D eigenvalue weighted by Gasteiger charge is 2.57. The van der Waals surface area contributed by atoms with Crippen molar-refractivity contribution in [3.63, 3.8) is 0 Å². The van der Waals surface area contributed by atoms with Crippen LogP contribution in [0.3, 0.4) is 0 Å². The number of hydrogen-bond acceptors (Lipinski definition) is 2. The normalized spacial score (nSPS) is 28.7. The summed E-state index contributed by atoms with van der Waals surface area (Å²) in [6, 6.07) is 10.1. The van der Waals surface area contributed by atoms with Crippen molar-refractivity contribution in [2.75, 3.05) is 6.54 Å². The van der Waals surface area contributed by atoms with Crippen LogP contribution in [0, 0.1) is 5.92 Å². The fourth-order valence-corrected chi connectivity index (χ4v) is 2.45. The molecular weight excluding hydrogens is 188 g/mol. The van der Waals surface area contributed by atoms with Crippen molar-refractivity contribution in [1.29, 1.82) is 0 Å². The van der Waals surface area contributed by atoms with E-state index >= 15 is 0 Å². The third-order valence-corrected chi connectivity index (χ3v) is 3.36. The maximum Gasteiger partial charge on any atom is 0.221 e. The van der Waals surface area contributed by atoms with Crippen LogP contribution in [0.5, 0.6) is 0 Å². The number of benzene rings is 1. The van der Waals surface area contributed by atoms with E-state index in [0.717, 1.165) is 12.8 Å². The van der Waals surface area contributed by atoms with Gasteiger partial charge in [0.2, 0.25) is 5.91 Å². The Labute approximate surface area is 89.5 Å². The van der Waals surface area contributed by atoms with Gasteiger partial charge in [-0.2, -0.15) is 0 Å². The Hall–Kier alpha value is -1.35. The molecule has 3 heteroatoms. The fourth-order valence-electron chi connectivity index (χ4n) is 2.45. The lowest BCUT2D eigenvalue weighted by molar-refractivity contribution is -0.119. The molecule has 1 saturated carbocycles. The molecule has 1 aliphatic rings. The van der Waals surface area contributed by atoms with Crippen LogP contribution in [0.4, 0.5) is 0 Å². The molecule has 1 fully saturated rings. The Morgan fingerprint density at radius 2 is 2.07 bits per heavy atom. The van der Waals surface area contributed by atoms with Crippen LogP contribution in [0.2, 0.25) is 0 Å². The average molecular weight is 204 g/mol. The molecule has 0 aliphatic heterocycles. The van der Waals surface area contributed by atoms with Crippen LogP contribution in [0.25, 0.3) is 0 Å². The van der Waals surface area contributed by atoms with Crippen LogP contribution in [0.15, 0.2) is 30.3 Å². The smallest absolute Gasteiger partial charge is 0.221 e. The predicted octanol–water partition coefficient (Wildman–Crippen LogP) is 0.778. The van der Waals surface area contributed by atoms with E-state index in [1.807, 2.05) is 18.2 Å². The zero-order valence-corrected chi connectivity index (χ0v) is 8.65. The molecular formula is C12H16N2O. The van der Waals surface area contributed by atoms with Gasteiger partial charge in [-0.25, -0.2) is 0 Å². The molecule has 15 heavy (non-hydrogen) atoms. The van der Waals surface area contributed by atoms with Gasteiger partial charge in [0.25, 0.3) is 0 Å². The summed E-state index contributed by atoms with van der Waals surface area (Å²) >= 11 is 0. The zero-order chi connectivity index (χ0) is 10.9. The molecule has 0 aromatic heterocycles. The zero-order valence-electron chi connectivity index (χ0n) is 8.65. The van der Waals surface area contributed by atoms with Gasteiger partial charge in [0.15, 0.2) is 0 Å². The van der Waals surface area contributed by atoms with E-state index in [4.69, 9.17) is 11.5 Å². The second-order valence-corrected chi connectivity index (χ2v) is 4.22. The Kier molecular flexibility index (Phi) is 2.49. The SMILES string of the molecule is NCCC1(c2ccccc2)CC1C(N)=O. The Balaban J connectivity index is 2.27. The lowest BCUT2D eigenvalue weighted by Gasteiger charge is -2.15. The molecule has 2 unspecified atom stereocenters. The van der Waals surface area contributed by atoms with Crippen molar-refractivity contribution < 1.29 is 4.79 Å². The van der Waals surface area contributed by atoms with Crippen LogP contribution in [-0.2, 0) is 10.2 Å². The largest absolute Gasteiger partial charge is 0.369 e. The number of nitrogens with two attached hydrogens (primary N) is 2. The number of primary amides is 1. The Morgan fingerprint density at radius 1 is 1.40 bits per heavy atom. The van der Waals surface area contributed by atoms with E-state index in [-0.39, 0.29) is 17.2 Å². The van der Waals surface area contributed by atoms with Crippen molar-refractivity contribution in [3.05, 3.63) is 35.9 Å². The maximum absolute atomic E-state index is 11.2. The highest BCUT2D eigenvalue weighted by molar-refractivity contribution is 5.82. The topological polar surface area (TPSA) is 69.1 Å². The van der Waals surface area contributed by atoms with Gasteiger partial charge in [-0.05, 0) is 24.9 Å². The van der Waals surface area contributed by atoms with Crippen molar-refractivity contribution in [2.45, 2.75) is 18.3 Å². The lowest BCUT2D eigenvalue weighted by Crippen LogP contribution is -2.23. The Morgan fingerprint density at radius 3 is 2.53 bits per heavy atom. The molecule has 0 saturated heterocycles. The van der Waals surface area contributed by atoms with E-state index in [9.17, 15) is 4.79 Å². The molecule has 1 amide bonds. The summed E-state index contributed by atoms with van der Waals surface area (Å²) in [6.07, 6.45) is 1.69. The van der Waals surface area contributed by atoms with Gasteiger partial charge in [-0.3, -0.25) is 4.79 Å². The number of carbonyl (C=O) groups excluding carboxylic acids is 1. The van der Waals surface area contributed by atoms with E-state index in [1.165, 1.54) is 5.56 Å². The molecule has 2 atom stereocenters. The first-order valence-electron chi connectivity index (χ1n) is 5.25. The molecule has 2 rings (SSSR count). The molecule has 0 bridgehead atoms. The molecule has 3 nitrogen and oxygen atoms in total. The minimum absolute atomic E-state index is 0.0246. The maximum atomic E-state index is 11.2. The van der Waals surface area contributed by atoms with Crippen molar-refractivity contribution in [2.24, 2.45) is 17.4 Å². The van der Waals surface area contributed by atoms with Crippen molar-refractivity contribution >= 4 is 5.91 Å². The highest BCUT2D eigenvalue weighted by atomic mass is 16.1. The van der Waals surface area contributed by atoms with E-state index in [0.29, 0.717) is 6.54 Å². The van der Waals surface area contributed by atoms with Crippen LogP contribution >= 0.6 is 0 Å². The number of hydrogen-bond donors (Lipinski definition) is 2. The van der Waals surface area contributed by atoms with E-state index in [2.05, 4.69) is 12.1 Å². The summed E-state index contributed by atoms with van der Waals surface area (Å²) < 4.78 is 0. The van der Waals surface area contributed by atoms with Gasteiger partial charge >= 0.3 is 0 Å². The first kappa shape index (κ1) is 10.2. The third-order valence-electron chi connectivity index (χ3n) is 3.36. The summed E-state index contributed by atoms with van der Waals surface area (Å²) in [5.74, 6) is -0.226. The first-order chi connectivity index (χ1) is 7.20. The highest BCUT2D eigenvalue weighted by Crippen LogP contribution is 2.56. The summed E-state index contributed by atoms with van der Waals surface area (Å²) in [5, 5.41) is 0. The number of carbonyl (C=O) groups is 1. The van der Waals surface area contributed by atoms with Crippen LogP contribution in [0.1, 0.15) is 18.4 Å². The van der Waals surface area contributed by atoms with Gasteiger partial charge in [-0.1, -0.05) is 30.3 Å². The summed E-state index contributed by atoms with van der Waals surface area (Å²) in [7, 11) is 0. The van der Waals surface area contributed by atoms with Gasteiger partial charge in [0.05, 0.1) is 0 Å². The van der Waals surface area contributed by atoms with Crippen molar-refractivity contribution in [3.8, 4) is 0 Å². The standard InChI is InChI=1S/C12H16N2O/c13-7-6-12(8-10(12)11(14)15)9-4-2-1-3-5-9/h1-5,10H,6-8,13H2,(H2,14,15). The molecule has 0 heterocycles. The predicted molar refractivity (Wildman–Crippen MR) is 59.1 cm³/mol. The second kappa shape index (κ2) is 3.66. The summed E-state index contributed by atoms with van der Waals surface area (Å²) in [4.78, 5) is 11.2.